The van der Waals surface area contributed by atoms with E-state index in [9.17, 15) is 33.6 Å². The number of esters is 6. The van der Waals surface area contributed by atoms with E-state index in [-0.39, 0.29) is 38.5 Å². The molecular weight excluding hydrogens is 700 g/mol. The molecule has 2 heterocycles. The smallest absolute Gasteiger partial charge is 0.347 e. The molecule has 0 aromatic carbocycles. The van der Waals surface area contributed by atoms with Gasteiger partial charge in [-0.1, -0.05) is 0 Å². The van der Waals surface area contributed by atoms with Crippen LogP contribution in [0.15, 0.2) is 0 Å². The van der Waals surface area contributed by atoms with Gasteiger partial charge in [0, 0.05) is 25.6 Å². The average molecular weight is 747 g/mol. The molecule has 20 heteroatoms. The first kappa shape index (κ1) is 42.6. The summed E-state index contributed by atoms with van der Waals surface area (Å²) in [6.45, 7) is 10.6. The fourth-order valence-corrected chi connectivity index (χ4v) is 4.82. The van der Waals surface area contributed by atoms with Crippen LogP contribution in [0.25, 0.3) is 0 Å². The second-order valence-electron chi connectivity index (χ2n) is 12.0. The number of anilines is 1. The Morgan fingerprint density at radius 3 is 2.06 bits per heavy atom. The van der Waals surface area contributed by atoms with Crippen molar-refractivity contribution in [3.05, 3.63) is 0 Å². The third-order valence-electron chi connectivity index (χ3n) is 6.78. The van der Waals surface area contributed by atoms with E-state index < -0.39 is 78.8 Å². The van der Waals surface area contributed by atoms with E-state index in [2.05, 4.69) is 13.5 Å². The molecule has 0 bridgehead atoms. The maximum Gasteiger partial charge on any atom is 0.347 e. The van der Waals surface area contributed by atoms with Crippen LogP contribution in [0.5, 0.6) is 5.88 Å². The molecule has 1 fully saturated rings. The second kappa shape index (κ2) is 20.9. The number of hydrogen-bond donors (Lipinski definition) is 0. The third-order valence-corrected chi connectivity index (χ3v) is 7.28. The van der Waals surface area contributed by atoms with Crippen molar-refractivity contribution in [2.75, 3.05) is 64.2 Å². The van der Waals surface area contributed by atoms with E-state index in [1.807, 2.05) is 4.90 Å². The average Bonchev–Trinajstić information content (AvgIpc) is 3.54. The summed E-state index contributed by atoms with van der Waals surface area (Å²) in [6.07, 6.45) is -4.39. The number of carbonyl (C=O) groups excluding carboxylic acids is 7. The molecule has 1 amide bonds. The van der Waals surface area contributed by atoms with Crippen LogP contribution in [0.4, 0.5) is 5.82 Å². The van der Waals surface area contributed by atoms with Gasteiger partial charge in [0.05, 0.1) is 50.9 Å². The normalized spacial score (nSPS) is 14.6. The summed E-state index contributed by atoms with van der Waals surface area (Å²) in [5.74, 6) is -5.18. The number of morpholine rings is 1. The highest BCUT2D eigenvalue weighted by Gasteiger charge is 2.35. The number of aromatic nitrogens is 2. The fraction of sp³-hybridized carbons (Fsp3) is 0.710. The van der Waals surface area contributed by atoms with Gasteiger partial charge in [-0.05, 0) is 41.5 Å². The van der Waals surface area contributed by atoms with E-state index >= 15 is 0 Å². The fourth-order valence-electron chi connectivity index (χ4n) is 4.30. The number of rotatable bonds is 19. The Bertz CT molecular complexity index is 1360. The van der Waals surface area contributed by atoms with Crippen molar-refractivity contribution in [2.24, 2.45) is 0 Å². The molecule has 0 spiro atoms. The molecule has 0 radical (unpaired) electrons. The third kappa shape index (κ3) is 15.5. The van der Waals surface area contributed by atoms with E-state index in [0.717, 1.165) is 18.7 Å². The van der Waals surface area contributed by atoms with Gasteiger partial charge in [0.25, 0.3) is 11.8 Å². The predicted octanol–water partition coefficient (Wildman–Crippen LogP) is 0.605. The van der Waals surface area contributed by atoms with E-state index in [1.54, 1.807) is 27.7 Å². The molecule has 1 saturated heterocycles. The van der Waals surface area contributed by atoms with Crippen LogP contribution in [0.2, 0.25) is 0 Å². The molecule has 0 aliphatic carbocycles. The molecule has 1 aliphatic heterocycles. The van der Waals surface area contributed by atoms with Gasteiger partial charge in [0.2, 0.25) is 5.82 Å². The number of nitrogens with zero attached hydrogens (tertiary/aromatic N) is 4. The summed E-state index contributed by atoms with van der Waals surface area (Å²) in [5.41, 5.74) is -0.896. The summed E-state index contributed by atoms with van der Waals surface area (Å²) in [7, 11) is 0. The van der Waals surface area contributed by atoms with Crippen LogP contribution in [-0.2, 0) is 66.7 Å². The molecule has 51 heavy (non-hydrogen) atoms. The van der Waals surface area contributed by atoms with E-state index in [4.69, 9.17) is 33.2 Å². The van der Waals surface area contributed by atoms with Gasteiger partial charge in [-0.25, -0.2) is 14.4 Å². The van der Waals surface area contributed by atoms with Crippen molar-refractivity contribution >= 4 is 59.3 Å². The first-order chi connectivity index (χ1) is 24.0. The SMILES string of the molecule is CCOC(=O)CCC(=O)O[C@H](COc1nsnc1N1CCOCC1)CN(C(=O)[C@H](C)OC(=O)COC(=O)[C@H](C)OC(=O)COC(C)=O)C(C)(C)C. The Labute approximate surface area is 299 Å². The van der Waals surface area contributed by atoms with Gasteiger partial charge >= 0.3 is 35.8 Å². The Balaban J connectivity index is 2.10. The highest BCUT2D eigenvalue weighted by atomic mass is 32.1. The molecular formula is C31H46N4O15S. The molecule has 19 nitrogen and oxygen atoms in total. The quantitative estimate of drug-likeness (QED) is 0.140. The van der Waals surface area contributed by atoms with Crippen LogP contribution in [0.3, 0.4) is 0 Å². The first-order valence-corrected chi connectivity index (χ1v) is 16.9. The van der Waals surface area contributed by atoms with Crippen molar-refractivity contribution in [3.63, 3.8) is 0 Å². The maximum atomic E-state index is 13.7. The lowest BCUT2D eigenvalue weighted by Gasteiger charge is -2.39. The summed E-state index contributed by atoms with van der Waals surface area (Å²) in [4.78, 5) is 88.8. The largest absolute Gasteiger partial charge is 0.470 e. The van der Waals surface area contributed by atoms with E-state index in [1.165, 1.54) is 18.7 Å². The Morgan fingerprint density at radius 1 is 0.843 bits per heavy atom. The highest BCUT2D eigenvalue weighted by molar-refractivity contribution is 6.99. The lowest BCUT2D eigenvalue weighted by atomic mass is 10.0. The minimum Gasteiger partial charge on any atom is -0.470 e. The monoisotopic (exact) mass is 746 g/mol. The minimum atomic E-state index is -1.43. The molecule has 286 valence electrons. The summed E-state index contributed by atoms with van der Waals surface area (Å²) in [5, 5.41) is 0. The standard InChI is InChI=1S/C31H46N4O15S/c1-8-44-23(37)9-10-24(38)50-22(16-46-28-27(32-51-33-28)34-11-13-43-14-12-34)15-35(31(5,6)7)29(41)19(2)48-26(40)18-47-30(42)20(3)49-25(39)17-45-21(4)36/h19-20,22H,8-18H2,1-7H3/t19-,20-,22-/m0/s1. The van der Waals surface area contributed by atoms with Gasteiger partial charge in [0.1, 0.15) is 6.61 Å². The van der Waals surface area contributed by atoms with E-state index in [0.29, 0.717) is 32.1 Å². The van der Waals surface area contributed by atoms with Gasteiger partial charge in [-0.15, -0.1) is 4.37 Å². The molecule has 0 N–H and O–H groups in total. The zero-order chi connectivity index (χ0) is 38.1. The Kier molecular flexibility index (Phi) is 17.5. The number of hydrogen-bond acceptors (Lipinski definition) is 19. The second-order valence-corrected chi connectivity index (χ2v) is 12.5. The zero-order valence-corrected chi connectivity index (χ0v) is 30.6. The Morgan fingerprint density at radius 2 is 1.45 bits per heavy atom. The molecule has 2 rings (SSSR count). The number of amides is 1. The van der Waals surface area contributed by atoms with Crippen molar-refractivity contribution in [3.8, 4) is 5.88 Å². The molecule has 1 aromatic heterocycles. The van der Waals surface area contributed by atoms with Gasteiger partial charge in [-0.2, -0.15) is 4.37 Å². The lowest BCUT2D eigenvalue weighted by Crippen LogP contribution is -2.54. The van der Waals surface area contributed by atoms with Crippen molar-refractivity contribution in [2.45, 2.75) is 85.2 Å². The number of carbonyl (C=O) groups is 7. The number of ether oxygens (including phenoxy) is 8. The van der Waals surface area contributed by atoms with Gasteiger partial charge in [-0.3, -0.25) is 19.2 Å². The van der Waals surface area contributed by atoms with Crippen molar-refractivity contribution in [1.82, 2.24) is 13.6 Å². The molecule has 3 atom stereocenters. The van der Waals surface area contributed by atoms with Crippen molar-refractivity contribution in [1.29, 1.82) is 0 Å². The summed E-state index contributed by atoms with van der Waals surface area (Å²) in [6, 6.07) is 0. The van der Waals surface area contributed by atoms with Crippen LogP contribution in [0, 0.1) is 0 Å². The predicted molar refractivity (Wildman–Crippen MR) is 174 cm³/mol. The summed E-state index contributed by atoms with van der Waals surface area (Å²) >= 11 is 0.937. The van der Waals surface area contributed by atoms with Crippen LogP contribution in [0.1, 0.15) is 61.3 Å². The topological polar surface area (TPSA) is 226 Å². The van der Waals surface area contributed by atoms with Gasteiger partial charge in [0.15, 0.2) is 31.5 Å². The zero-order valence-electron chi connectivity index (χ0n) is 29.8. The molecule has 0 unspecified atom stereocenters. The lowest BCUT2D eigenvalue weighted by molar-refractivity contribution is -0.176. The highest BCUT2D eigenvalue weighted by Crippen LogP contribution is 2.27. The van der Waals surface area contributed by atoms with Crippen LogP contribution >= 0.6 is 11.7 Å². The maximum absolute atomic E-state index is 13.7. The minimum absolute atomic E-state index is 0.152. The molecule has 1 aliphatic rings. The Hall–Kier alpha value is -4.59. The summed E-state index contributed by atoms with van der Waals surface area (Å²) < 4.78 is 49.8. The van der Waals surface area contributed by atoms with Gasteiger partial charge < -0.3 is 47.7 Å². The molecule has 0 saturated carbocycles. The van der Waals surface area contributed by atoms with Crippen LogP contribution < -0.4 is 9.64 Å². The van der Waals surface area contributed by atoms with Crippen LogP contribution in [-0.4, -0.2) is 138 Å². The first-order valence-electron chi connectivity index (χ1n) is 16.1. The van der Waals surface area contributed by atoms with Crippen molar-refractivity contribution < 1.29 is 71.5 Å². The molecule has 1 aromatic rings.